The Hall–Kier alpha value is -5.00. The number of piperazine rings is 1. The van der Waals surface area contributed by atoms with Crippen molar-refractivity contribution in [3.63, 3.8) is 0 Å². The quantitative estimate of drug-likeness (QED) is 0.220. The Morgan fingerprint density at radius 2 is 1.70 bits per heavy atom. The van der Waals surface area contributed by atoms with Gasteiger partial charge in [0, 0.05) is 50.9 Å². The first-order valence-corrected chi connectivity index (χ1v) is 16.1. The summed E-state index contributed by atoms with van der Waals surface area (Å²) >= 11 is 6.45. The fourth-order valence-corrected chi connectivity index (χ4v) is 6.23. The molecular weight excluding hydrogens is 681 g/mol. The van der Waals surface area contributed by atoms with Crippen molar-refractivity contribution in [1.82, 2.24) is 34.5 Å². The monoisotopic (exact) mass is 715 g/mol. The van der Waals surface area contributed by atoms with Gasteiger partial charge in [-0.3, -0.25) is 14.4 Å². The third-order valence-electron chi connectivity index (χ3n) is 9.04. The van der Waals surface area contributed by atoms with Crippen molar-refractivity contribution in [3.8, 4) is 17.1 Å². The second-order valence-electron chi connectivity index (χ2n) is 13.1. The number of halogens is 4. The molecular formula is C32H35ClF3N10O4+. The molecule has 264 valence electrons. The van der Waals surface area contributed by atoms with E-state index in [9.17, 15) is 32.7 Å². The number of likely N-dealkylation sites (tertiary alicyclic amines) is 1. The van der Waals surface area contributed by atoms with Crippen LogP contribution in [0, 0.1) is 0 Å². The molecule has 14 nitrogen and oxygen atoms in total. The predicted molar refractivity (Wildman–Crippen MR) is 176 cm³/mol. The molecule has 6 rings (SSSR count). The van der Waals surface area contributed by atoms with Gasteiger partial charge in [-0.1, -0.05) is 11.6 Å². The lowest BCUT2D eigenvalue weighted by Gasteiger charge is -2.44. The molecule has 0 spiro atoms. The lowest BCUT2D eigenvalue weighted by molar-refractivity contribution is -0.897. The zero-order valence-electron chi connectivity index (χ0n) is 27.2. The normalized spacial score (nSPS) is 17.4. The minimum atomic E-state index is -4.82. The molecule has 2 aliphatic rings. The highest BCUT2D eigenvalue weighted by molar-refractivity contribution is 6.34. The van der Waals surface area contributed by atoms with Gasteiger partial charge in [0.2, 0.25) is 0 Å². The van der Waals surface area contributed by atoms with Crippen LogP contribution in [0.4, 0.5) is 24.5 Å². The van der Waals surface area contributed by atoms with Crippen LogP contribution in [0.5, 0.6) is 0 Å². The van der Waals surface area contributed by atoms with Gasteiger partial charge in [0.25, 0.3) is 17.7 Å². The lowest BCUT2D eigenvalue weighted by atomic mass is 9.89. The third kappa shape index (κ3) is 7.15. The number of amides is 3. The topological polar surface area (TPSA) is 175 Å². The first-order chi connectivity index (χ1) is 23.5. The van der Waals surface area contributed by atoms with Crippen molar-refractivity contribution < 1.29 is 37.1 Å². The number of piperidine rings is 1. The maximum atomic E-state index is 13.9. The average Bonchev–Trinajstić information content (AvgIpc) is 3.75. The highest BCUT2D eigenvalue weighted by Crippen LogP contribution is 2.36. The summed E-state index contributed by atoms with van der Waals surface area (Å²) in [6.45, 7) is 2.43. The van der Waals surface area contributed by atoms with Crippen molar-refractivity contribution >= 4 is 40.7 Å². The molecule has 2 aliphatic heterocycles. The van der Waals surface area contributed by atoms with Crippen molar-refractivity contribution in [2.24, 2.45) is 0 Å². The summed E-state index contributed by atoms with van der Waals surface area (Å²) in [4.78, 5) is 53.2. The Balaban J connectivity index is 1.09. The molecule has 4 aromatic rings. The number of nitrogens with one attached hydrogen (secondary N) is 2. The molecule has 5 N–H and O–H groups in total. The van der Waals surface area contributed by atoms with Crippen LogP contribution in [0.15, 0.2) is 48.9 Å². The van der Waals surface area contributed by atoms with Crippen molar-refractivity contribution in [3.05, 3.63) is 71.0 Å². The van der Waals surface area contributed by atoms with E-state index >= 15 is 0 Å². The summed E-state index contributed by atoms with van der Waals surface area (Å²) < 4.78 is 43.4. The van der Waals surface area contributed by atoms with Crippen LogP contribution in [-0.4, -0.2) is 121 Å². The second kappa shape index (κ2) is 13.0. The van der Waals surface area contributed by atoms with Gasteiger partial charge in [-0.05, 0) is 30.3 Å². The molecule has 2 fully saturated rings. The standard InChI is InChI=1S/C32H34ClF3N10O4/c1-46(2)13-7-31(50,8-14-46)30(49)44-11-9-43(10-12-44)29(48)21-5-4-20(15-23(21)33)40-28(47)27-39-17-24(41-27)22-18-45(42-26(22)32(34,35)36)25-6-3-19(37)16-38-25/h3-6,15-18,50H,7-14,37H2,1-2H3,(H-,39,40,41,47,48)/p+1. The van der Waals surface area contributed by atoms with Gasteiger partial charge >= 0.3 is 6.18 Å². The molecule has 2 saturated heterocycles. The maximum absolute atomic E-state index is 13.9. The molecule has 0 unspecified atom stereocenters. The van der Waals surface area contributed by atoms with Gasteiger partial charge in [0.15, 0.2) is 22.9 Å². The molecule has 0 aliphatic carbocycles. The number of rotatable bonds is 6. The zero-order valence-corrected chi connectivity index (χ0v) is 27.9. The first-order valence-electron chi connectivity index (χ1n) is 15.7. The fourth-order valence-electron chi connectivity index (χ4n) is 5.96. The molecule has 18 heteroatoms. The summed E-state index contributed by atoms with van der Waals surface area (Å²) in [5.74, 6) is -1.62. The van der Waals surface area contributed by atoms with Crippen molar-refractivity contribution in [2.45, 2.75) is 24.6 Å². The van der Waals surface area contributed by atoms with Crippen LogP contribution in [0.25, 0.3) is 17.1 Å². The van der Waals surface area contributed by atoms with Crippen LogP contribution in [-0.2, 0) is 11.0 Å². The summed E-state index contributed by atoms with van der Waals surface area (Å²) in [6, 6.07) is 7.17. The van der Waals surface area contributed by atoms with E-state index in [4.69, 9.17) is 17.3 Å². The smallest absolute Gasteiger partial charge is 0.397 e. The van der Waals surface area contributed by atoms with E-state index in [0.29, 0.717) is 31.6 Å². The number of quaternary nitrogens is 1. The van der Waals surface area contributed by atoms with E-state index in [2.05, 4.69) is 39.5 Å². The highest BCUT2D eigenvalue weighted by Gasteiger charge is 2.46. The number of benzene rings is 1. The molecule has 0 radical (unpaired) electrons. The number of carbonyl (C=O) groups is 3. The fraction of sp³-hybridized carbons (Fsp3) is 0.375. The average molecular weight is 716 g/mol. The number of imidazole rings is 1. The van der Waals surface area contributed by atoms with Gasteiger partial charge < -0.3 is 35.4 Å². The zero-order chi connectivity index (χ0) is 36.0. The summed E-state index contributed by atoms with van der Waals surface area (Å²) in [7, 11) is 4.13. The molecule has 3 amide bonds. The van der Waals surface area contributed by atoms with Crippen LogP contribution < -0.4 is 11.1 Å². The van der Waals surface area contributed by atoms with Gasteiger partial charge in [0.1, 0.15) is 0 Å². The Kier molecular flexibility index (Phi) is 9.09. The van der Waals surface area contributed by atoms with E-state index in [1.165, 1.54) is 36.5 Å². The lowest BCUT2D eigenvalue weighted by Crippen LogP contribution is -2.61. The number of nitrogens with two attached hydrogens (primary N) is 1. The van der Waals surface area contributed by atoms with Gasteiger partial charge in [-0.2, -0.15) is 18.3 Å². The molecule has 1 aromatic carbocycles. The number of hydrogen-bond acceptors (Lipinski definition) is 8. The molecule has 50 heavy (non-hydrogen) atoms. The second-order valence-corrected chi connectivity index (χ2v) is 13.5. The van der Waals surface area contributed by atoms with E-state index in [0.717, 1.165) is 21.6 Å². The summed E-state index contributed by atoms with van der Waals surface area (Å²) in [5, 5.41) is 17.3. The third-order valence-corrected chi connectivity index (χ3v) is 9.35. The number of aromatic amines is 1. The van der Waals surface area contributed by atoms with Crippen LogP contribution >= 0.6 is 11.6 Å². The van der Waals surface area contributed by atoms with Crippen LogP contribution in [0.1, 0.15) is 39.5 Å². The van der Waals surface area contributed by atoms with Gasteiger partial charge in [0.05, 0.1) is 67.1 Å². The van der Waals surface area contributed by atoms with Crippen molar-refractivity contribution in [2.75, 3.05) is 64.4 Å². The Bertz CT molecular complexity index is 1920. The number of alkyl halides is 3. The number of carbonyl (C=O) groups excluding carboxylic acids is 3. The number of aliphatic hydroxyl groups is 1. The van der Waals surface area contributed by atoms with Crippen LogP contribution in [0.2, 0.25) is 5.02 Å². The number of H-pyrrole nitrogens is 1. The molecule has 0 bridgehead atoms. The van der Waals surface area contributed by atoms with E-state index < -0.39 is 23.4 Å². The summed E-state index contributed by atoms with van der Waals surface area (Å²) in [5.41, 5.74) is 3.27. The molecule has 5 heterocycles. The van der Waals surface area contributed by atoms with Gasteiger partial charge in [-0.15, -0.1) is 0 Å². The largest absolute Gasteiger partial charge is 0.435 e. The van der Waals surface area contributed by atoms with E-state index in [1.807, 2.05) is 0 Å². The molecule has 3 aromatic heterocycles. The molecule has 0 atom stereocenters. The van der Waals surface area contributed by atoms with E-state index in [-0.39, 0.29) is 77.2 Å². The van der Waals surface area contributed by atoms with E-state index in [1.54, 1.807) is 9.80 Å². The maximum Gasteiger partial charge on any atom is 0.435 e. The Labute approximate surface area is 289 Å². The summed E-state index contributed by atoms with van der Waals surface area (Å²) in [6.07, 6.45) is -0.580. The van der Waals surface area contributed by atoms with Gasteiger partial charge in [-0.25, -0.2) is 14.6 Å². The van der Waals surface area contributed by atoms with Crippen molar-refractivity contribution in [1.29, 1.82) is 0 Å². The van der Waals surface area contributed by atoms with Crippen LogP contribution in [0.3, 0.4) is 0 Å². The predicted octanol–water partition coefficient (Wildman–Crippen LogP) is 3.05. The first kappa shape index (κ1) is 34.8. The Morgan fingerprint density at radius 3 is 2.32 bits per heavy atom. The number of aromatic nitrogens is 5. The molecule has 0 saturated carbocycles. The Morgan fingerprint density at radius 1 is 1.02 bits per heavy atom. The highest BCUT2D eigenvalue weighted by atomic mass is 35.5. The number of nitrogens with zero attached hydrogens (tertiary/aromatic N) is 7. The number of anilines is 2. The minimum Gasteiger partial charge on any atom is -0.397 e. The SMILES string of the molecule is C[N+]1(C)CCC(O)(C(=O)N2CCN(C(=O)c3ccc(NC(=O)c4ncc(-c5cn(-c6ccc(N)cn6)nc5C(F)(F)F)[nH]4)cc3Cl)CC2)CC1. The number of nitrogen functional groups attached to an aromatic ring is 1. The number of hydrogen-bond donors (Lipinski definition) is 4. The number of pyridine rings is 1. The minimum absolute atomic E-state index is 0.0576.